The Morgan fingerprint density at radius 1 is 1.47 bits per heavy atom. The number of halogens is 2. The summed E-state index contributed by atoms with van der Waals surface area (Å²) in [6, 6.07) is 6.13. The highest BCUT2D eigenvalue weighted by Crippen LogP contribution is 2.17. The maximum Gasteiger partial charge on any atom is 0.229 e. The van der Waals surface area contributed by atoms with Gasteiger partial charge in [-0.05, 0) is 33.6 Å². The number of aromatic nitrogens is 2. The summed E-state index contributed by atoms with van der Waals surface area (Å²) in [6.07, 6.45) is 1.72. The molecule has 2 rings (SSSR count). The van der Waals surface area contributed by atoms with Gasteiger partial charge >= 0.3 is 0 Å². The van der Waals surface area contributed by atoms with Gasteiger partial charge in [0.2, 0.25) is 5.91 Å². The average Bonchev–Trinajstić information content (AvgIpc) is 2.76. The van der Waals surface area contributed by atoms with Crippen molar-refractivity contribution in [3.63, 3.8) is 0 Å². The maximum atomic E-state index is 13.0. The molecule has 1 aromatic carbocycles. The van der Waals surface area contributed by atoms with Crippen molar-refractivity contribution in [3.8, 4) is 0 Å². The molecule has 0 aliphatic rings. The van der Waals surface area contributed by atoms with Crippen molar-refractivity contribution in [1.29, 1.82) is 0 Å². The van der Waals surface area contributed by atoms with Crippen LogP contribution in [0.1, 0.15) is 5.56 Å². The Hall–Kier alpha value is -1.69. The van der Waals surface area contributed by atoms with Gasteiger partial charge in [-0.3, -0.25) is 9.89 Å². The van der Waals surface area contributed by atoms with E-state index in [-0.39, 0.29) is 18.1 Å². The zero-order chi connectivity index (χ0) is 12.3. The minimum atomic E-state index is -0.345. The third-order valence-electron chi connectivity index (χ3n) is 2.12. The Balaban J connectivity index is 2.00. The van der Waals surface area contributed by atoms with E-state index in [0.717, 1.165) is 5.56 Å². The first-order chi connectivity index (χ1) is 8.15. The molecule has 1 heterocycles. The summed E-state index contributed by atoms with van der Waals surface area (Å²) < 4.78 is 13.3. The Bertz CT molecular complexity index is 528. The van der Waals surface area contributed by atoms with Gasteiger partial charge in [0.05, 0.1) is 17.1 Å². The average molecular weight is 298 g/mol. The molecule has 0 fully saturated rings. The van der Waals surface area contributed by atoms with E-state index < -0.39 is 0 Å². The standard InChI is InChI=1S/C11H9BrFN3O/c12-8-5-7(1-2-9(8)13)6-11(17)15-10-3-4-14-16-10/h1-5H,6H2,(H2,14,15,16,17). The van der Waals surface area contributed by atoms with Gasteiger partial charge in [0.1, 0.15) is 11.6 Å². The van der Waals surface area contributed by atoms with Gasteiger partial charge in [0.15, 0.2) is 0 Å². The van der Waals surface area contributed by atoms with E-state index in [1.54, 1.807) is 24.4 Å². The third-order valence-corrected chi connectivity index (χ3v) is 2.73. The number of benzene rings is 1. The monoisotopic (exact) mass is 297 g/mol. The summed E-state index contributed by atoms with van der Waals surface area (Å²) in [6.45, 7) is 0. The largest absolute Gasteiger partial charge is 0.311 e. The maximum absolute atomic E-state index is 13.0. The third kappa shape index (κ3) is 3.13. The van der Waals surface area contributed by atoms with Gasteiger partial charge in [-0.15, -0.1) is 0 Å². The highest BCUT2D eigenvalue weighted by atomic mass is 79.9. The van der Waals surface area contributed by atoms with Crippen LogP contribution in [-0.4, -0.2) is 16.1 Å². The second kappa shape index (κ2) is 5.09. The number of carbonyl (C=O) groups is 1. The normalized spacial score (nSPS) is 10.2. The predicted octanol–water partition coefficient (Wildman–Crippen LogP) is 2.49. The summed E-state index contributed by atoms with van der Waals surface area (Å²) in [7, 11) is 0. The number of nitrogens with one attached hydrogen (secondary N) is 2. The molecule has 1 amide bonds. The van der Waals surface area contributed by atoms with Crippen LogP contribution in [0.15, 0.2) is 34.9 Å². The van der Waals surface area contributed by atoms with E-state index in [2.05, 4.69) is 31.4 Å². The Morgan fingerprint density at radius 3 is 2.94 bits per heavy atom. The van der Waals surface area contributed by atoms with E-state index in [4.69, 9.17) is 0 Å². The highest BCUT2D eigenvalue weighted by Gasteiger charge is 2.06. The van der Waals surface area contributed by atoms with E-state index in [1.807, 2.05) is 0 Å². The number of hydrogen-bond donors (Lipinski definition) is 2. The molecule has 1 aromatic heterocycles. The molecule has 0 unspecified atom stereocenters. The molecule has 17 heavy (non-hydrogen) atoms. The molecular formula is C11H9BrFN3O. The Kier molecular flexibility index (Phi) is 3.53. The van der Waals surface area contributed by atoms with Crippen molar-refractivity contribution in [1.82, 2.24) is 10.2 Å². The molecule has 0 saturated carbocycles. The number of hydrogen-bond acceptors (Lipinski definition) is 2. The first kappa shape index (κ1) is 11.8. The Labute approximate surface area is 105 Å². The van der Waals surface area contributed by atoms with Gasteiger partial charge in [-0.25, -0.2) is 4.39 Å². The first-order valence-electron chi connectivity index (χ1n) is 4.88. The van der Waals surface area contributed by atoms with Gasteiger partial charge in [-0.1, -0.05) is 6.07 Å². The summed E-state index contributed by atoms with van der Waals surface area (Å²) in [4.78, 5) is 11.6. The molecular weight excluding hydrogens is 289 g/mol. The molecule has 4 nitrogen and oxygen atoms in total. The quantitative estimate of drug-likeness (QED) is 0.914. The minimum absolute atomic E-state index is 0.178. The van der Waals surface area contributed by atoms with Crippen LogP contribution >= 0.6 is 15.9 Å². The van der Waals surface area contributed by atoms with E-state index in [1.165, 1.54) is 6.07 Å². The molecule has 0 saturated heterocycles. The molecule has 6 heteroatoms. The SMILES string of the molecule is O=C(Cc1ccc(F)c(Br)c1)Nc1ccn[nH]1. The second-order valence-electron chi connectivity index (χ2n) is 3.44. The topological polar surface area (TPSA) is 57.8 Å². The molecule has 0 aliphatic carbocycles. The van der Waals surface area contributed by atoms with Crippen LogP contribution in [0.4, 0.5) is 10.2 Å². The number of amides is 1. The fraction of sp³-hybridized carbons (Fsp3) is 0.0909. The smallest absolute Gasteiger partial charge is 0.229 e. The van der Waals surface area contributed by atoms with Crippen LogP contribution in [0, 0.1) is 5.82 Å². The van der Waals surface area contributed by atoms with Crippen LogP contribution in [0.2, 0.25) is 0 Å². The fourth-order valence-electron chi connectivity index (χ4n) is 1.35. The lowest BCUT2D eigenvalue weighted by Crippen LogP contribution is -2.14. The fourth-order valence-corrected chi connectivity index (χ4v) is 1.78. The zero-order valence-corrected chi connectivity index (χ0v) is 10.3. The number of carbonyl (C=O) groups excluding carboxylic acids is 1. The molecule has 0 spiro atoms. The summed E-state index contributed by atoms with van der Waals surface area (Å²) >= 11 is 3.07. The van der Waals surface area contributed by atoms with E-state index >= 15 is 0 Å². The molecule has 0 atom stereocenters. The van der Waals surface area contributed by atoms with Crippen LogP contribution in [0.3, 0.4) is 0 Å². The van der Waals surface area contributed by atoms with Crippen molar-refractivity contribution in [2.75, 3.05) is 5.32 Å². The number of rotatable bonds is 3. The number of nitrogens with zero attached hydrogens (tertiary/aromatic N) is 1. The Morgan fingerprint density at radius 2 is 2.29 bits per heavy atom. The summed E-state index contributed by atoms with van der Waals surface area (Å²) in [5.74, 6) is 0.00617. The molecule has 0 radical (unpaired) electrons. The molecule has 2 N–H and O–H groups in total. The predicted molar refractivity (Wildman–Crippen MR) is 65.0 cm³/mol. The first-order valence-corrected chi connectivity index (χ1v) is 5.67. The number of anilines is 1. The molecule has 88 valence electrons. The lowest BCUT2D eigenvalue weighted by molar-refractivity contribution is -0.115. The van der Waals surface area contributed by atoms with Crippen molar-refractivity contribution in [2.24, 2.45) is 0 Å². The van der Waals surface area contributed by atoms with E-state index in [0.29, 0.717) is 10.3 Å². The molecule has 0 bridgehead atoms. The summed E-state index contributed by atoms with van der Waals surface area (Å²) in [5, 5.41) is 8.97. The van der Waals surface area contributed by atoms with Crippen LogP contribution < -0.4 is 5.32 Å². The molecule has 2 aromatic rings. The van der Waals surface area contributed by atoms with Gasteiger partial charge < -0.3 is 5.32 Å². The number of H-pyrrole nitrogens is 1. The van der Waals surface area contributed by atoms with Crippen molar-refractivity contribution < 1.29 is 9.18 Å². The zero-order valence-electron chi connectivity index (χ0n) is 8.71. The highest BCUT2D eigenvalue weighted by molar-refractivity contribution is 9.10. The lowest BCUT2D eigenvalue weighted by atomic mass is 10.1. The minimum Gasteiger partial charge on any atom is -0.311 e. The summed E-state index contributed by atoms with van der Waals surface area (Å²) in [5.41, 5.74) is 0.732. The van der Waals surface area contributed by atoms with Gasteiger partial charge in [0, 0.05) is 6.07 Å². The van der Waals surface area contributed by atoms with Crippen molar-refractivity contribution in [3.05, 3.63) is 46.3 Å². The van der Waals surface area contributed by atoms with Crippen LogP contribution in [-0.2, 0) is 11.2 Å². The van der Waals surface area contributed by atoms with Crippen LogP contribution in [0.25, 0.3) is 0 Å². The number of aromatic amines is 1. The van der Waals surface area contributed by atoms with Gasteiger partial charge in [-0.2, -0.15) is 5.10 Å². The van der Waals surface area contributed by atoms with Crippen LogP contribution in [0.5, 0.6) is 0 Å². The second-order valence-corrected chi connectivity index (χ2v) is 4.30. The molecule has 0 aliphatic heterocycles. The van der Waals surface area contributed by atoms with Crippen molar-refractivity contribution >= 4 is 27.7 Å². The van der Waals surface area contributed by atoms with Crippen molar-refractivity contribution in [2.45, 2.75) is 6.42 Å². The lowest BCUT2D eigenvalue weighted by Gasteiger charge is -2.03. The van der Waals surface area contributed by atoms with E-state index in [9.17, 15) is 9.18 Å². The van der Waals surface area contributed by atoms with Gasteiger partial charge in [0.25, 0.3) is 0 Å².